The molecule has 0 aliphatic heterocycles. The summed E-state index contributed by atoms with van der Waals surface area (Å²) >= 11 is 0. The van der Waals surface area contributed by atoms with E-state index in [9.17, 15) is 19.5 Å². The Morgan fingerprint density at radius 3 is 2.05 bits per heavy atom. The van der Waals surface area contributed by atoms with E-state index in [0.29, 0.717) is 29.9 Å². The molecule has 0 radical (unpaired) electrons. The van der Waals surface area contributed by atoms with E-state index in [1.165, 1.54) is 0 Å². The number of nitrogens with zero attached hydrogens (tertiary/aromatic N) is 1. The summed E-state index contributed by atoms with van der Waals surface area (Å²) in [5.74, 6) is -0.305. The fraction of sp³-hybridized carbons (Fsp3) is 0.700. The molecule has 3 unspecified atom stereocenters. The first-order valence-corrected chi connectivity index (χ1v) is 13.8. The maximum absolute atomic E-state index is 14.4. The molecule has 0 spiro atoms. The monoisotopic (exact) mass is 533 g/mol. The lowest BCUT2D eigenvalue weighted by molar-refractivity contribution is -0.145. The maximum Gasteiger partial charge on any atom is 0.408 e. The fourth-order valence-electron chi connectivity index (χ4n) is 4.32. The second-order valence-electron chi connectivity index (χ2n) is 12.5. The Kier molecular flexibility index (Phi) is 12.6. The molecule has 0 aliphatic rings. The molecular weight excluding hydrogens is 482 g/mol. The molecule has 0 saturated heterocycles. The van der Waals surface area contributed by atoms with Gasteiger partial charge in [0.15, 0.2) is 0 Å². The number of carbonyl (C=O) groups excluding carboxylic acids is 3. The van der Waals surface area contributed by atoms with Gasteiger partial charge in [0, 0.05) is 17.6 Å². The van der Waals surface area contributed by atoms with Gasteiger partial charge in [0.1, 0.15) is 23.4 Å². The Labute approximate surface area is 229 Å². The SMILES string of the molecule is Cc1cccc(C(C(=O)NC(C)C)N(C(=O)C(CC(C)C)NC(=O)OC(C)(C)C)C(C)CCC(C)C)c1O. The van der Waals surface area contributed by atoms with Gasteiger partial charge in [-0.05, 0) is 85.1 Å². The van der Waals surface area contributed by atoms with E-state index < -0.39 is 23.8 Å². The summed E-state index contributed by atoms with van der Waals surface area (Å²) < 4.78 is 5.46. The number of phenols is 1. The van der Waals surface area contributed by atoms with Crippen LogP contribution < -0.4 is 10.6 Å². The van der Waals surface area contributed by atoms with Crippen molar-refractivity contribution in [1.82, 2.24) is 15.5 Å². The highest BCUT2D eigenvalue weighted by Gasteiger charge is 2.40. The third-order valence-corrected chi connectivity index (χ3v) is 6.11. The molecule has 216 valence electrons. The van der Waals surface area contributed by atoms with E-state index in [0.717, 1.165) is 6.42 Å². The lowest BCUT2D eigenvalue weighted by Gasteiger charge is -2.39. The van der Waals surface area contributed by atoms with Crippen LogP contribution in [0.25, 0.3) is 0 Å². The zero-order valence-electron chi connectivity index (χ0n) is 25.3. The number of phenolic OH excluding ortho intramolecular Hbond substituents is 1. The largest absolute Gasteiger partial charge is 0.507 e. The normalized spacial score (nSPS) is 14.3. The van der Waals surface area contributed by atoms with Gasteiger partial charge in [0.05, 0.1) is 0 Å². The van der Waals surface area contributed by atoms with Crippen LogP contribution in [-0.4, -0.2) is 51.6 Å². The highest BCUT2D eigenvalue weighted by atomic mass is 16.6. The van der Waals surface area contributed by atoms with E-state index in [-0.39, 0.29) is 35.6 Å². The van der Waals surface area contributed by atoms with Crippen LogP contribution in [0.3, 0.4) is 0 Å². The van der Waals surface area contributed by atoms with Crippen LogP contribution in [0.1, 0.15) is 106 Å². The van der Waals surface area contributed by atoms with Crippen molar-refractivity contribution in [3.05, 3.63) is 29.3 Å². The predicted octanol–water partition coefficient (Wildman–Crippen LogP) is 5.86. The third kappa shape index (κ3) is 10.5. The summed E-state index contributed by atoms with van der Waals surface area (Å²) in [4.78, 5) is 42.4. The van der Waals surface area contributed by atoms with Crippen LogP contribution in [0.4, 0.5) is 4.79 Å². The van der Waals surface area contributed by atoms with Crippen LogP contribution in [0.15, 0.2) is 18.2 Å². The van der Waals surface area contributed by atoms with Gasteiger partial charge in [0.2, 0.25) is 11.8 Å². The number of aryl methyl sites for hydroxylation is 1. The van der Waals surface area contributed by atoms with Gasteiger partial charge in [-0.15, -0.1) is 0 Å². The molecule has 1 aromatic carbocycles. The van der Waals surface area contributed by atoms with Crippen molar-refractivity contribution >= 4 is 17.9 Å². The van der Waals surface area contributed by atoms with Gasteiger partial charge >= 0.3 is 6.09 Å². The molecule has 0 aliphatic carbocycles. The minimum absolute atomic E-state index is 0.0224. The second-order valence-corrected chi connectivity index (χ2v) is 12.5. The van der Waals surface area contributed by atoms with Crippen molar-refractivity contribution in [2.24, 2.45) is 11.8 Å². The smallest absolute Gasteiger partial charge is 0.408 e. The van der Waals surface area contributed by atoms with Gasteiger partial charge in [-0.1, -0.05) is 45.9 Å². The first-order chi connectivity index (χ1) is 17.4. The molecule has 1 rings (SSSR count). The highest BCUT2D eigenvalue weighted by molar-refractivity contribution is 5.93. The van der Waals surface area contributed by atoms with Crippen molar-refractivity contribution in [1.29, 1.82) is 0 Å². The van der Waals surface area contributed by atoms with Crippen LogP contribution in [-0.2, 0) is 14.3 Å². The standard InChI is InChI=1S/C30H51N3O5/c1-18(2)15-16-22(8)33(28(36)24(17-19(3)4)32-29(37)38-30(9,10)11)25(27(35)31-20(5)6)23-14-12-13-21(7)26(23)34/h12-14,18-20,22,24-25,34H,15-17H2,1-11H3,(H,31,35)(H,32,37). The number of hydrogen-bond acceptors (Lipinski definition) is 5. The average Bonchev–Trinajstić information content (AvgIpc) is 2.75. The predicted molar refractivity (Wildman–Crippen MR) is 152 cm³/mol. The number of carbonyl (C=O) groups is 3. The number of alkyl carbamates (subject to hydrolysis) is 1. The number of amides is 3. The zero-order valence-corrected chi connectivity index (χ0v) is 25.3. The van der Waals surface area contributed by atoms with Crippen LogP contribution >= 0.6 is 0 Å². The number of benzene rings is 1. The molecule has 0 bridgehead atoms. The molecule has 3 N–H and O–H groups in total. The number of ether oxygens (including phenoxy) is 1. The van der Waals surface area contributed by atoms with Crippen molar-refractivity contribution in [2.45, 2.75) is 125 Å². The van der Waals surface area contributed by atoms with E-state index >= 15 is 0 Å². The van der Waals surface area contributed by atoms with Crippen molar-refractivity contribution < 1.29 is 24.2 Å². The Bertz CT molecular complexity index is 936. The molecule has 3 atom stereocenters. The van der Waals surface area contributed by atoms with E-state index in [4.69, 9.17) is 4.74 Å². The molecule has 8 nitrogen and oxygen atoms in total. The fourth-order valence-corrected chi connectivity index (χ4v) is 4.32. The number of hydrogen-bond donors (Lipinski definition) is 3. The Morgan fingerprint density at radius 1 is 0.947 bits per heavy atom. The van der Waals surface area contributed by atoms with Crippen LogP contribution in [0.2, 0.25) is 0 Å². The van der Waals surface area contributed by atoms with Crippen LogP contribution in [0, 0.1) is 18.8 Å². The molecule has 0 heterocycles. The minimum Gasteiger partial charge on any atom is -0.507 e. The number of para-hydroxylation sites is 1. The Morgan fingerprint density at radius 2 is 1.55 bits per heavy atom. The van der Waals surface area contributed by atoms with Crippen LogP contribution in [0.5, 0.6) is 5.75 Å². The Balaban J connectivity index is 3.70. The number of nitrogens with one attached hydrogen (secondary N) is 2. The third-order valence-electron chi connectivity index (χ3n) is 6.11. The zero-order chi connectivity index (χ0) is 29.4. The van der Waals surface area contributed by atoms with Gasteiger partial charge in [-0.2, -0.15) is 0 Å². The lowest BCUT2D eigenvalue weighted by Crippen LogP contribution is -2.56. The lowest BCUT2D eigenvalue weighted by atomic mass is 9.94. The first kappa shape index (κ1) is 33.3. The minimum atomic E-state index is -1.08. The summed E-state index contributed by atoms with van der Waals surface area (Å²) in [6, 6.07) is 2.70. The number of rotatable bonds is 12. The van der Waals surface area contributed by atoms with Crippen molar-refractivity contribution in [3.8, 4) is 5.75 Å². The number of aromatic hydroxyl groups is 1. The van der Waals surface area contributed by atoms with E-state index in [2.05, 4.69) is 24.5 Å². The molecule has 1 aromatic rings. The highest BCUT2D eigenvalue weighted by Crippen LogP contribution is 2.35. The molecule has 8 heteroatoms. The van der Waals surface area contributed by atoms with E-state index in [1.54, 1.807) is 50.8 Å². The average molecular weight is 534 g/mol. The first-order valence-electron chi connectivity index (χ1n) is 13.8. The molecule has 3 amide bonds. The van der Waals surface area contributed by atoms with Gasteiger partial charge in [0.25, 0.3) is 0 Å². The maximum atomic E-state index is 14.4. The van der Waals surface area contributed by atoms with Gasteiger partial charge in [-0.25, -0.2) is 4.79 Å². The topological polar surface area (TPSA) is 108 Å². The summed E-state index contributed by atoms with van der Waals surface area (Å²) in [7, 11) is 0. The van der Waals surface area contributed by atoms with Crippen molar-refractivity contribution in [3.63, 3.8) is 0 Å². The summed E-state index contributed by atoms with van der Waals surface area (Å²) in [5.41, 5.74) is 0.235. The molecule has 38 heavy (non-hydrogen) atoms. The summed E-state index contributed by atoms with van der Waals surface area (Å²) in [5, 5.41) is 16.7. The quantitative estimate of drug-likeness (QED) is 0.312. The van der Waals surface area contributed by atoms with Gasteiger partial charge in [-0.3, -0.25) is 9.59 Å². The summed E-state index contributed by atoms with van der Waals surface area (Å²) in [6.07, 6.45) is 1.18. The second kappa shape index (κ2) is 14.4. The molecule has 0 fully saturated rings. The molecule has 0 aromatic heterocycles. The van der Waals surface area contributed by atoms with Crippen molar-refractivity contribution in [2.75, 3.05) is 0 Å². The molecular formula is C30H51N3O5. The van der Waals surface area contributed by atoms with E-state index in [1.807, 2.05) is 34.6 Å². The molecule has 0 saturated carbocycles. The Hall–Kier alpha value is -2.77. The summed E-state index contributed by atoms with van der Waals surface area (Å²) in [6.45, 7) is 20.8. The van der Waals surface area contributed by atoms with Gasteiger partial charge < -0.3 is 25.4 Å².